The molecule has 2 rings (SSSR count). The van der Waals surface area contributed by atoms with Crippen molar-refractivity contribution in [1.29, 1.82) is 0 Å². The van der Waals surface area contributed by atoms with Crippen molar-refractivity contribution in [3.8, 4) is 0 Å². The van der Waals surface area contributed by atoms with E-state index in [0.29, 0.717) is 18.8 Å². The predicted molar refractivity (Wildman–Crippen MR) is 113 cm³/mol. The molecular weight excluding hydrogens is 425 g/mol. The number of benzene rings is 1. The fourth-order valence-corrected chi connectivity index (χ4v) is 4.46. The van der Waals surface area contributed by atoms with Gasteiger partial charge in [-0.2, -0.15) is 0 Å². The largest absolute Gasteiger partial charge is 0.384 e. The van der Waals surface area contributed by atoms with Crippen molar-refractivity contribution in [2.45, 2.75) is 37.1 Å². The van der Waals surface area contributed by atoms with Crippen molar-refractivity contribution in [3.63, 3.8) is 0 Å². The third-order valence-corrected chi connectivity index (χ3v) is 6.48. The maximum atomic E-state index is 14.4. The number of nitrogens with zero attached hydrogens (tertiary/aromatic N) is 1. The molecule has 0 aliphatic heterocycles. The van der Waals surface area contributed by atoms with Crippen LogP contribution < -0.4 is 21.1 Å². The molecule has 11 heteroatoms. The van der Waals surface area contributed by atoms with Crippen LogP contribution in [0.5, 0.6) is 0 Å². The average molecular weight is 450 g/mol. The van der Waals surface area contributed by atoms with Crippen molar-refractivity contribution in [2.75, 3.05) is 29.7 Å². The zero-order valence-electron chi connectivity index (χ0n) is 15.8. The molecule has 1 aromatic heterocycles. The highest BCUT2D eigenvalue weighted by Gasteiger charge is 2.22. The van der Waals surface area contributed by atoms with Crippen LogP contribution >= 0.6 is 22.9 Å². The zero-order chi connectivity index (χ0) is 20.8. The first kappa shape index (κ1) is 22.8. The number of sulfonamides is 1. The van der Waals surface area contributed by atoms with Gasteiger partial charge in [-0.3, -0.25) is 4.72 Å². The van der Waals surface area contributed by atoms with Gasteiger partial charge in [0.1, 0.15) is 10.7 Å². The summed E-state index contributed by atoms with van der Waals surface area (Å²) >= 11 is 7.24. The van der Waals surface area contributed by atoms with E-state index >= 15 is 0 Å². The van der Waals surface area contributed by atoms with Crippen LogP contribution in [0.15, 0.2) is 28.6 Å². The molecule has 0 fully saturated rings. The Bertz CT molecular complexity index is 876. The molecule has 0 aliphatic rings. The van der Waals surface area contributed by atoms with Gasteiger partial charge in [-0.25, -0.2) is 17.8 Å². The van der Waals surface area contributed by atoms with E-state index in [1.807, 2.05) is 13.8 Å². The normalized spacial score (nSPS) is 12.2. The van der Waals surface area contributed by atoms with Crippen LogP contribution in [-0.2, 0) is 10.0 Å². The number of halogens is 2. The van der Waals surface area contributed by atoms with Crippen LogP contribution in [0, 0.1) is 5.82 Å². The van der Waals surface area contributed by atoms with Gasteiger partial charge in [0.15, 0.2) is 5.13 Å². The molecular formula is C17H25ClFN5O2S2. The number of hydrogen-bond donors (Lipinski definition) is 4. The van der Waals surface area contributed by atoms with Gasteiger partial charge in [-0.15, -0.1) is 11.3 Å². The van der Waals surface area contributed by atoms with Gasteiger partial charge in [-0.05, 0) is 45.4 Å². The Labute approximate surface area is 173 Å². The van der Waals surface area contributed by atoms with Crippen LogP contribution in [0.3, 0.4) is 0 Å². The highest BCUT2D eigenvalue weighted by atomic mass is 35.5. The first-order chi connectivity index (χ1) is 13.1. The van der Waals surface area contributed by atoms with Crippen LogP contribution in [0.25, 0.3) is 0 Å². The minimum absolute atomic E-state index is 0.103. The average Bonchev–Trinajstić information content (AvgIpc) is 3.12. The quantitative estimate of drug-likeness (QED) is 0.392. The van der Waals surface area contributed by atoms with Gasteiger partial charge < -0.3 is 16.4 Å². The fourth-order valence-electron chi connectivity index (χ4n) is 2.29. The molecule has 5 N–H and O–H groups in total. The summed E-state index contributed by atoms with van der Waals surface area (Å²) in [6.45, 7) is 6.01. The highest BCUT2D eigenvalue weighted by Crippen LogP contribution is 2.29. The van der Waals surface area contributed by atoms with E-state index in [9.17, 15) is 12.8 Å². The van der Waals surface area contributed by atoms with Crippen molar-refractivity contribution in [1.82, 2.24) is 10.3 Å². The Morgan fingerprint density at radius 1 is 1.29 bits per heavy atom. The SMILES string of the molecule is CC(C)(CN)NCCCCNc1cc(F)c(S(=O)(=O)Nc2nccs2)cc1Cl. The number of aromatic nitrogens is 1. The predicted octanol–water partition coefficient (Wildman–Crippen LogP) is 3.26. The lowest BCUT2D eigenvalue weighted by Gasteiger charge is -2.24. The molecule has 0 bridgehead atoms. The van der Waals surface area contributed by atoms with E-state index in [1.165, 1.54) is 6.20 Å². The molecule has 7 nitrogen and oxygen atoms in total. The molecule has 1 heterocycles. The first-order valence-corrected chi connectivity index (χ1v) is 11.5. The van der Waals surface area contributed by atoms with Crippen LogP contribution in [0.4, 0.5) is 15.2 Å². The maximum Gasteiger partial charge on any atom is 0.266 e. The van der Waals surface area contributed by atoms with Crippen molar-refractivity contribution < 1.29 is 12.8 Å². The second kappa shape index (κ2) is 9.84. The van der Waals surface area contributed by atoms with Gasteiger partial charge in [0, 0.05) is 30.2 Å². The van der Waals surface area contributed by atoms with Gasteiger partial charge in [-0.1, -0.05) is 11.6 Å². The summed E-state index contributed by atoms with van der Waals surface area (Å²) in [5.74, 6) is -0.887. The molecule has 0 aliphatic carbocycles. The van der Waals surface area contributed by atoms with Crippen LogP contribution in [-0.4, -0.2) is 38.6 Å². The number of nitrogens with two attached hydrogens (primary N) is 1. The second-order valence-corrected chi connectivity index (χ2v) is 9.81. The monoisotopic (exact) mass is 449 g/mol. The van der Waals surface area contributed by atoms with Gasteiger partial charge in [0.25, 0.3) is 10.0 Å². The van der Waals surface area contributed by atoms with Crippen LogP contribution in [0.2, 0.25) is 5.02 Å². The van der Waals surface area contributed by atoms with E-state index in [0.717, 1.165) is 42.9 Å². The summed E-state index contributed by atoms with van der Waals surface area (Å²) in [5.41, 5.74) is 5.91. The molecule has 0 saturated carbocycles. The Morgan fingerprint density at radius 3 is 2.64 bits per heavy atom. The van der Waals surface area contributed by atoms with E-state index in [-0.39, 0.29) is 15.7 Å². The zero-order valence-corrected chi connectivity index (χ0v) is 18.1. The molecule has 0 radical (unpaired) electrons. The molecule has 156 valence electrons. The molecule has 0 saturated heterocycles. The maximum absolute atomic E-state index is 14.4. The third-order valence-electron chi connectivity index (χ3n) is 4.00. The van der Waals surface area contributed by atoms with Crippen molar-refractivity contribution >= 4 is 43.8 Å². The highest BCUT2D eigenvalue weighted by molar-refractivity contribution is 7.93. The number of unbranched alkanes of at least 4 members (excludes halogenated alkanes) is 1. The standard InChI is InChI=1S/C17H25ClFN5O2S2/c1-17(2,11-20)23-6-4-3-5-21-14-10-13(19)15(9-12(14)18)28(25,26)24-16-22-7-8-27-16/h7-10,21,23H,3-6,11,20H2,1-2H3,(H,22,24). The third kappa shape index (κ3) is 6.56. The molecule has 0 unspecified atom stereocenters. The van der Waals surface area contributed by atoms with Gasteiger partial charge >= 0.3 is 0 Å². The Balaban J connectivity index is 1.93. The van der Waals surface area contributed by atoms with Gasteiger partial charge in [0.05, 0.1) is 10.7 Å². The molecule has 0 atom stereocenters. The second-order valence-electron chi connectivity index (χ2n) is 6.85. The molecule has 0 spiro atoms. The number of hydrogen-bond acceptors (Lipinski definition) is 7. The number of anilines is 2. The summed E-state index contributed by atoms with van der Waals surface area (Å²) in [5, 5.41) is 8.29. The number of thiazole rings is 1. The molecule has 28 heavy (non-hydrogen) atoms. The minimum Gasteiger partial charge on any atom is -0.384 e. The lowest BCUT2D eigenvalue weighted by molar-refractivity contribution is 0.394. The van der Waals surface area contributed by atoms with Crippen LogP contribution in [0.1, 0.15) is 26.7 Å². The minimum atomic E-state index is -4.11. The van der Waals surface area contributed by atoms with E-state index < -0.39 is 20.7 Å². The van der Waals surface area contributed by atoms with E-state index in [2.05, 4.69) is 20.3 Å². The Morgan fingerprint density at radius 2 is 2.00 bits per heavy atom. The Hall–Kier alpha value is -1.46. The molecule has 0 amide bonds. The van der Waals surface area contributed by atoms with E-state index in [4.69, 9.17) is 17.3 Å². The molecule has 1 aromatic carbocycles. The molecule has 2 aromatic rings. The van der Waals surface area contributed by atoms with Gasteiger partial charge in [0.2, 0.25) is 0 Å². The summed E-state index contributed by atoms with van der Waals surface area (Å²) in [4.78, 5) is 3.31. The lowest BCUT2D eigenvalue weighted by Crippen LogP contribution is -2.46. The topological polar surface area (TPSA) is 109 Å². The van der Waals surface area contributed by atoms with Crippen molar-refractivity contribution in [2.24, 2.45) is 5.73 Å². The lowest BCUT2D eigenvalue weighted by atomic mass is 10.1. The summed E-state index contributed by atoms with van der Waals surface area (Å²) in [6, 6.07) is 2.19. The van der Waals surface area contributed by atoms with Crippen molar-refractivity contribution in [3.05, 3.63) is 34.5 Å². The summed E-state index contributed by atoms with van der Waals surface area (Å²) in [6.07, 6.45) is 3.18. The number of rotatable bonds is 11. The summed E-state index contributed by atoms with van der Waals surface area (Å²) in [7, 11) is -4.11. The summed E-state index contributed by atoms with van der Waals surface area (Å²) < 4.78 is 41.3. The fraction of sp³-hybridized carbons (Fsp3) is 0.471. The first-order valence-electron chi connectivity index (χ1n) is 8.75. The number of nitrogens with one attached hydrogen (secondary N) is 3. The Kier molecular flexibility index (Phi) is 8.02. The van der Waals surface area contributed by atoms with E-state index in [1.54, 1.807) is 5.38 Å². The smallest absolute Gasteiger partial charge is 0.266 e.